The van der Waals surface area contributed by atoms with Gasteiger partial charge in [-0.3, -0.25) is 0 Å². The van der Waals surface area contributed by atoms with Crippen LogP contribution in [-0.2, 0) is 11.3 Å². The van der Waals surface area contributed by atoms with Gasteiger partial charge in [0.25, 0.3) is 0 Å². The Morgan fingerprint density at radius 3 is 2.79 bits per heavy atom. The van der Waals surface area contributed by atoms with E-state index < -0.39 is 6.10 Å². The summed E-state index contributed by atoms with van der Waals surface area (Å²) in [6, 6.07) is 12.6. The number of aliphatic hydroxyl groups excluding tert-OH is 1. The highest BCUT2D eigenvalue weighted by Gasteiger charge is 2.11. The van der Waals surface area contributed by atoms with Crippen molar-refractivity contribution in [3.8, 4) is 0 Å². The fourth-order valence-corrected chi connectivity index (χ4v) is 4.10. The molecule has 5 nitrogen and oxygen atoms in total. The Balaban J connectivity index is 1.42. The van der Waals surface area contributed by atoms with Crippen molar-refractivity contribution in [2.75, 3.05) is 17.7 Å². The SMILES string of the molecule is Cc1ccc(Nc2nnc(SC[C@H](O)COCc3ccccc3F)s2)cc1C. The molecule has 3 rings (SSSR count). The third-order valence-electron chi connectivity index (χ3n) is 4.09. The average molecular weight is 420 g/mol. The number of aliphatic hydroxyl groups is 1. The van der Waals surface area contributed by atoms with Crippen LogP contribution in [0.15, 0.2) is 46.8 Å². The van der Waals surface area contributed by atoms with Gasteiger partial charge in [-0.15, -0.1) is 10.2 Å². The normalized spacial score (nSPS) is 12.1. The molecule has 0 aliphatic carbocycles. The number of nitrogens with one attached hydrogen (secondary N) is 1. The van der Waals surface area contributed by atoms with Crippen molar-refractivity contribution in [3.05, 3.63) is 65.0 Å². The number of halogens is 1. The molecule has 0 aliphatic heterocycles. The van der Waals surface area contributed by atoms with Crippen molar-refractivity contribution in [2.24, 2.45) is 0 Å². The number of anilines is 2. The summed E-state index contributed by atoms with van der Waals surface area (Å²) < 4.78 is 19.7. The van der Waals surface area contributed by atoms with Gasteiger partial charge in [0.2, 0.25) is 5.13 Å². The van der Waals surface area contributed by atoms with Gasteiger partial charge in [0.05, 0.1) is 19.3 Å². The van der Waals surface area contributed by atoms with Crippen LogP contribution < -0.4 is 5.32 Å². The highest BCUT2D eigenvalue weighted by Crippen LogP contribution is 2.28. The second-order valence-corrected chi connectivity index (χ2v) is 8.61. The second-order valence-electron chi connectivity index (χ2n) is 6.37. The molecular weight excluding hydrogens is 397 g/mol. The Bertz CT molecular complexity index is 920. The first-order valence-electron chi connectivity index (χ1n) is 8.81. The van der Waals surface area contributed by atoms with E-state index in [4.69, 9.17) is 4.74 Å². The van der Waals surface area contributed by atoms with E-state index in [0.29, 0.717) is 16.4 Å². The number of rotatable bonds is 9. The molecule has 0 bridgehead atoms. The molecule has 0 saturated heterocycles. The van der Waals surface area contributed by atoms with Crippen molar-refractivity contribution >= 4 is 33.9 Å². The number of thioether (sulfide) groups is 1. The number of hydrogen-bond donors (Lipinski definition) is 2. The fourth-order valence-electron chi connectivity index (χ4n) is 2.40. The topological polar surface area (TPSA) is 67.3 Å². The molecule has 0 spiro atoms. The molecule has 8 heteroatoms. The second kappa shape index (κ2) is 9.97. The Labute approximate surface area is 172 Å². The number of aromatic nitrogens is 2. The molecule has 0 amide bonds. The predicted molar refractivity (Wildman–Crippen MR) is 112 cm³/mol. The summed E-state index contributed by atoms with van der Waals surface area (Å²) in [7, 11) is 0. The van der Waals surface area contributed by atoms with Crippen molar-refractivity contribution in [1.82, 2.24) is 10.2 Å². The summed E-state index contributed by atoms with van der Waals surface area (Å²) in [4.78, 5) is 0. The highest BCUT2D eigenvalue weighted by molar-refractivity contribution is 8.01. The fraction of sp³-hybridized carbons (Fsp3) is 0.300. The van der Waals surface area contributed by atoms with E-state index in [1.807, 2.05) is 6.07 Å². The highest BCUT2D eigenvalue weighted by atomic mass is 32.2. The van der Waals surface area contributed by atoms with Crippen molar-refractivity contribution in [1.29, 1.82) is 0 Å². The molecule has 2 N–H and O–H groups in total. The van der Waals surface area contributed by atoms with Crippen LogP contribution in [0.3, 0.4) is 0 Å². The first-order valence-corrected chi connectivity index (χ1v) is 10.6. The minimum atomic E-state index is -0.670. The molecule has 0 fully saturated rings. The van der Waals surface area contributed by atoms with Gasteiger partial charge in [-0.1, -0.05) is 47.4 Å². The number of nitrogens with zero attached hydrogens (tertiary/aromatic N) is 2. The van der Waals surface area contributed by atoms with Gasteiger partial charge in [0.1, 0.15) is 5.82 Å². The molecule has 1 aromatic heterocycles. The van der Waals surface area contributed by atoms with Gasteiger partial charge in [-0.2, -0.15) is 0 Å². The van der Waals surface area contributed by atoms with E-state index in [-0.39, 0.29) is 19.0 Å². The lowest BCUT2D eigenvalue weighted by molar-refractivity contribution is 0.0387. The quantitative estimate of drug-likeness (QED) is 0.490. The third kappa shape index (κ3) is 6.00. The Kier molecular flexibility index (Phi) is 7.38. The van der Waals surface area contributed by atoms with E-state index in [2.05, 4.69) is 41.5 Å². The predicted octanol–water partition coefficient (Wildman–Crippen LogP) is 4.71. The standard InChI is InChI=1S/C20H22FN3O2S2/c1-13-7-8-16(9-14(13)2)22-19-23-24-20(28-19)27-12-17(25)11-26-10-15-5-3-4-6-18(15)21/h3-9,17,25H,10-12H2,1-2H3,(H,22,23)/t17-/m1/s1. The number of aryl methyl sites for hydroxylation is 2. The van der Waals surface area contributed by atoms with Crippen LogP contribution in [0.2, 0.25) is 0 Å². The Morgan fingerprint density at radius 1 is 1.18 bits per heavy atom. The first kappa shape index (κ1) is 20.7. The molecule has 148 valence electrons. The first-order chi connectivity index (χ1) is 13.5. The number of benzene rings is 2. The van der Waals surface area contributed by atoms with E-state index in [9.17, 15) is 9.50 Å². The van der Waals surface area contributed by atoms with Gasteiger partial charge >= 0.3 is 0 Å². The zero-order valence-electron chi connectivity index (χ0n) is 15.7. The molecule has 0 radical (unpaired) electrons. The molecule has 1 heterocycles. The van der Waals surface area contributed by atoms with Gasteiger partial charge < -0.3 is 15.2 Å². The molecule has 0 saturated carbocycles. The van der Waals surface area contributed by atoms with Crippen molar-refractivity contribution in [3.63, 3.8) is 0 Å². The third-order valence-corrected chi connectivity index (χ3v) is 6.21. The monoisotopic (exact) mass is 419 g/mol. The minimum absolute atomic E-state index is 0.133. The van der Waals surface area contributed by atoms with Gasteiger partial charge in [0, 0.05) is 17.0 Å². The van der Waals surface area contributed by atoms with E-state index in [1.165, 1.54) is 40.3 Å². The zero-order chi connectivity index (χ0) is 19.9. The smallest absolute Gasteiger partial charge is 0.210 e. The molecule has 0 aliphatic rings. The van der Waals surface area contributed by atoms with Crippen LogP contribution in [0.25, 0.3) is 0 Å². The molecule has 2 aromatic carbocycles. The van der Waals surface area contributed by atoms with Crippen molar-refractivity contribution < 1.29 is 14.2 Å². The van der Waals surface area contributed by atoms with Crippen molar-refractivity contribution in [2.45, 2.75) is 30.9 Å². The number of ether oxygens (including phenoxy) is 1. The van der Waals surface area contributed by atoms with Gasteiger partial charge in [-0.25, -0.2) is 4.39 Å². The maximum Gasteiger partial charge on any atom is 0.210 e. The van der Waals surface area contributed by atoms with Crippen LogP contribution in [0.5, 0.6) is 0 Å². The summed E-state index contributed by atoms with van der Waals surface area (Å²) in [6.45, 7) is 4.41. The van der Waals surface area contributed by atoms with Gasteiger partial charge in [0.15, 0.2) is 4.34 Å². The largest absolute Gasteiger partial charge is 0.390 e. The lowest BCUT2D eigenvalue weighted by atomic mass is 10.1. The number of hydrogen-bond acceptors (Lipinski definition) is 7. The molecule has 28 heavy (non-hydrogen) atoms. The summed E-state index contributed by atoms with van der Waals surface area (Å²) in [5, 5.41) is 22.3. The van der Waals surface area contributed by atoms with Crippen LogP contribution in [0.4, 0.5) is 15.2 Å². The molecule has 0 unspecified atom stereocenters. The van der Waals surface area contributed by atoms with Gasteiger partial charge in [-0.05, 0) is 43.2 Å². The maximum absolute atomic E-state index is 13.5. The summed E-state index contributed by atoms with van der Waals surface area (Å²) in [5.74, 6) is 0.124. The van der Waals surface area contributed by atoms with Crippen LogP contribution >= 0.6 is 23.1 Å². The van der Waals surface area contributed by atoms with Crippen LogP contribution in [0.1, 0.15) is 16.7 Å². The van der Waals surface area contributed by atoms with Crippen LogP contribution in [0, 0.1) is 19.7 Å². The Morgan fingerprint density at radius 2 is 2.00 bits per heavy atom. The minimum Gasteiger partial charge on any atom is -0.390 e. The molecular formula is C20H22FN3O2S2. The zero-order valence-corrected chi connectivity index (χ0v) is 17.3. The molecule has 3 aromatic rings. The lowest BCUT2D eigenvalue weighted by Crippen LogP contribution is -2.18. The van der Waals surface area contributed by atoms with E-state index >= 15 is 0 Å². The molecule has 1 atom stereocenters. The Hall–Kier alpha value is -2.00. The van der Waals surface area contributed by atoms with E-state index in [0.717, 1.165) is 10.0 Å². The maximum atomic E-state index is 13.5. The average Bonchev–Trinajstić information content (AvgIpc) is 3.12. The summed E-state index contributed by atoms with van der Waals surface area (Å²) in [6.07, 6.45) is -0.670. The lowest BCUT2D eigenvalue weighted by Gasteiger charge is -2.10. The van der Waals surface area contributed by atoms with E-state index in [1.54, 1.807) is 18.2 Å². The van der Waals surface area contributed by atoms with Crippen LogP contribution in [-0.4, -0.2) is 33.8 Å². The summed E-state index contributed by atoms with van der Waals surface area (Å²) in [5.41, 5.74) is 3.90. The summed E-state index contributed by atoms with van der Waals surface area (Å²) >= 11 is 2.85.